The molecule has 2 rings (SSSR count). The van der Waals surface area contributed by atoms with Gasteiger partial charge in [0.2, 0.25) is 0 Å². The van der Waals surface area contributed by atoms with Crippen LogP contribution in [-0.2, 0) is 11.2 Å². The molecule has 0 unspecified atom stereocenters. The van der Waals surface area contributed by atoms with Crippen LogP contribution in [0.1, 0.15) is 15.9 Å². The van der Waals surface area contributed by atoms with Crippen molar-refractivity contribution in [2.75, 3.05) is 0 Å². The van der Waals surface area contributed by atoms with E-state index in [1.165, 1.54) is 17.8 Å². The molecule has 6 heteroatoms. The van der Waals surface area contributed by atoms with Crippen LogP contribution in [0, 0.1) is 0 Å². The van der Waals surface area contributed by atoms with Crippen LogP contribution < -0.4 is 0 Å². The van der Waals surface area contributed by atoms with Gasteiger partial charge in [-0.2, -0.15) is 0 Å². The van der Waals surface area contributed by atoms with E-state index in [0.717, 1.165) is 9.79 Å². The predicted molar refractivity (Wildman–Crippen MR) is 80.3 cm³/mol. The molecular weight excluding hydrogens is 312 g/mol. The average Bonchev–Trinajstić information content (AvgIpc) is 2.42. The lowest BCUT2D eigenvalue weighted by Crippen LogP contribution is -1.99. The summed E-state index contributed by atoms with van der Waals surface area (Å²) in [6.07, 6.45) is -0.0188. The molecule has 0 fully saturated rings. The van der Waals surface area contributed by atoms with Crippen molar-refractivity contribution >= 4 is 35.3 Å². The summed E-state index contributed by atoms with van der Waals surface area (Å²) in [5, 5.41) is 17.9. The Labute approximate surface area is 130 Å². The zero-order valence-corrected chi connectivity index (χ0v) is 12.3. The highest BCUT2D eigenvalue weighted by Crippen LogP contribution is 2.30. The highest BCUT2D eigenvalue weighted by molar-refractivity contribution is 7.99. The standard InChI is InChI=1S/C15H11ClO4S/c16-13-6-5-11(8-12(13)15(19)20)21-10-3-1-9(2-4-10)7-14(17)18/h1-6,8H,7H2,(H,17,18)(H,19,20). The van der Waals surface area contributed by atoms with Gasteiger partial charge in [0.25, 0.3) is 0 Å². The number of aliphatic carboxylic acids is 1. The molecule has 108 valence electrons. The second kappa shape index (κ2) is 6.65. The van der Waals surface area contributed by atoms with Crippen molar-refractivity contribution in [1.29, 1.82) is 0 Å². The number of hydrogen-bond donors (Lipinski definition) is 2. The predicted octanol–water partition coefficient (Wildman–Crippen LogP) is 3.82. The molecule has 0 saturated heterocycles. The third-order valence-electron chi connectivity index (χ3n) is 2.68. The van der Waals surface area contributed by atoms with Gasteiger partial charge < -0.3 is 10.2 Å². The van der Waals surface area contributed by atoms with Gasteiger partial charge >= 0.3 is 11.9 Å². The molecule has 21 heavy (non-hydrogen) atoms. The van der Waals surface area contributed by atoms with Crippen molar-refractivity contribution in [2.24, 2.45) is 0 Å². The lowest BCUT2D eigenvalue weighted by Gasteiger charge is -2.05. The molecular formula is C15H11ClO4S. The van der Waals surface area contributed by atoms with Crippen LogP contribution in [-0.4, -0.2) is 22.2 Å². The molecule has 0 aromatic heterocycles. The van der Waals surface area contributed by atoms with Crippen molar-refractivity contribution in [3.05, 3.63) is 58.6 Å². The molecule has 0 atom stereocenters. The van der Waals surface area contributed by atoms with Gasteiger partial charge in [-0.3, -0.25) is 4.79 Å². The molecule has 2 aromatic rings. The maximum Gasteiger partial charge on any atom is 0.337 e. The summed E-state index contributed by atoms with van der Waals surface area (Å²) in [7, 11) is 0. The number of benzene rings is 2. The van der Waals surface area contributed by atoms with Crippen molar-refractivity contribution < 1.29 is 19.8 Å². The highest BCUT2D eigenvalue weighted by atomic mass is 35.5. The third kappa shape index (κ3) is 4.24. The molecule has 0 heterocycles. The van der Waals surface area contributed by atoms with Crippen LogP contribution in [0.3, 0.4) is 0 Å². The van der Waals surface area contributed by atoms with E-state index in [0.29, 0.717) is 5.56 Å². The summed E-state index contributed by atoms with van der Waals surface area (Å²) in [5.41, 5.74) is 0.776. The number of hydrogen-bond acceptors (Lipinski definition) is 3. The van der Waals surface area contributed by atoms with Crippen LogP contribution >= 0.6 is 23.4 Å². The van der Waals surface area contributed by atoms with E-state index in [1.54, 1.807) is 36.4 Å². The largest absolute Gasteiger partial charge is 0.481 e. The summed E-state index contributed by atoms with van der Waals surface area (Å²) < 4.78 is 0. The number of carboxylic acid groups (broad SMARTS) is 2. The minimum absolute atomic E-state index is 0.0188. The Kier molecular flexibility index (Phi) is 4.88. The Bertz CT molecular complexity index is 683. The number of carboxylic acids is 2. The van der Waals surface area contributed by atoms with E-state index in [2.05, 4.69) is 0 Å². The fourth-order valence-electron chi connectivity index (χ4n) is 1.72. The Morgan fingerprint density at radius 3 is 2.19 bits per heavy atom. The molecule has 0 aliphatic carbocycles. The minimum Gasteiger partial charge on any atom is -0.481 e. The highest BCUT2D eigenvalue weighted by Gasteiger charge is 2.10. The van der Waals surface area contributed by atoms with E-state index in [9.17, 15) is 9.59 Å². The van der Waals surface area contributed by atoms with Crippen LogP contribution in [0.5, 0.6) is 0 Å². The van der Waals surface area contributed by atoms with E-state index in [4.69, 9.17) is 21.8 Å². The quantitative estimate of drug-likeness (QED) is 0.875. The van der Waals surface area contributed by atoms with Gasteiger partial charge in [0.05, 0.1) is 17.0 Å². The first-order chi connectivity index (χ1) is 9.95. The second-order valence-electron chi connectivity index (χ2n) is 4.26. The molecule has 0 saturated carbocycles. The van der Waals surface area contributed by atoms with Gasteiger partial charge in [-0.25, -0.2) is 4.79 Å². The maximum absolute atomic E-state index is 11.0. The summed E-state index contributed by atoms with van der Waals surface area (Å²) in [4.78, 5) is 23.3. The Morgan fingerprint density at radius 2 is 1.62 bits per heavy atom. The minimum atomic E-state index is -1.07. The Hall–Kier alpha value is -1.98. The summed E-state index contributed by atoms with van der Waals surface area (Å²) in [6, 6.07) is 11.9. The zero-order chi connectivity index (χ0) is 15.4. The number of rotatable bonds is 5. The lowest BCUT2D eigenvalue weighted by atomic mass is 10.2. The van der Waals surface area contributed by atoms with Gasteiger partial charge in [0.1, 0.15) is 0 Å². The zero-order valence-electron chi connectivity index (χ0n) is 10.7. The Balaban J connectivity index is 2.16. The normalized spacial score (nSPS) is 10.3. The van der Waals surface area contributed by atoms with Crippen molar-refractivity contribution in [3.8, 4) is 0 Å². The van der Waals surface area contributed by atoms with Crippen molar-refractivity contribution in [2.45, 2.75) is 16.2 Å². The fourth-order valence-corrected chi connectivity index (χ4v) is 2.77. The van der Waals surface area contributed by atoms with E-state index in [1.807, 2.05) is 0 Å². The van der Waals surface area contributed by atoms with Gasteiger partial charge in [0.15, 0.2) is 0 Å². The molecule has 2 N–H and O–H groups in total. The van der Waals surface area contributed by atoms with E-state index < -0.39 is 11.9 Å². The smallest absolute Gasteiger partial charge is 0.337 e. The maximum atomic E-state index is 11.0. The van der Waals surface area contributed by atoms with Crippen molar-refractivity contribution in [1.82, 2.24) is 0 Å². The topological polar surface area (TPSA) is 74.6 Å². The average molecular weight is 323 g/mol. The SMILES string of the molecule is O=C(O)Cc1ccc(Sc2ccc(Cl)c(C(=O)O)c2)cc1. The van der Waals surface area contributed by atoms with Crippen LogP contribution in [0.2, 0.25) is 5.02 Å². The number of carbonyl (C=O) groups is 2. The van der Waals surface area contributed by atoms with E-state index >= 15 is 0 Å². The molecule has 0 aliphatic rings. The third-order valence-corrected chi connectivity index (χ3v) is 4.01. The van der Waals surface area contributed by atoms with Crippen LogP contribution in [0.25, 0.3) is 0 Å². The first-order valence-electron chi connectivity index (χ1n) is 5.97. The molecule has 0 bridgehead atoms. The first-order valence-corrected chi connectivity index (χ1v) is 7.16. The fraction of sp³-hybridized carbons (Fsp3) is 0.0667. The molecule has 2 aromatic carbocycles. The molecule has 0 radical (unpaired) electrons. The van der Waals surface area contributed by atoms with Gasteiger partial charge in [0, 0.05) is 9.79 Å². The van der Waals surface area contributed by atoms with Crippen LogP contribution in [0.15, 0.2) is 52.3 Å². The van der Waals surface area contributed by atoms with Gasteiger partial charge in [-0.05, 0) is 35.9 Å². The monoisotopic (exact) mass is 322 g/mol. The number of halogens is 1. The second-order valence-corrected chi connectivity index (χ2v) is 5.82. The first kappa shape index (κ1) is 15.4. The van der Waals surface area contributed by atoms with Crippen LogP contribution in [0.4, 0.5) is 0 Å². The molecule has 0 aliphatic heterocycles. The van der Waals surface area contributed by atoms with Gasteiger partial charge in [-0.1, -0.05) is 35.5 Å². The number of aromatic carboxylic acids is 1. The summed E-state index contributed by atoms with van der Waals surface area (Å²) in [6.45, 7) is 0. The summed E-state index contributed by atoms with van der Waals surface area (Å²) in [5.74, 6) is -1.95. The van der Waals surface area contributed by atoms with E-state index in [-0.39, 0.29) is 17.0 Å². The Morgan fingerprint density at radius 1 is 1.00 bits per heavy atom. The molecule has 0 amide bonds. The lowest BCUT2D eigenvalue weighted by molar-refractivity contribution is -0.136. The molecule has 4 nitrogen and oxygen atoms in total. The van der Waals surface area contributed by atoms with Crippen molar-refractivity contribution in [3.63, 3.8) is 0 Å². The molecule has 0 spiro atoms. The summed E-state index contributed by atoms with van der Waals surface area (Å²) >= 11 is 7.20. The van der Waals surface area contributed by atoms with Gasteiger partial charge in [-0.15, -0.1) is 0 Å².